The Morgan fingerprint density at radius 1 is 0.933 bits per heavy atom. The van der Waals surface area contributed by atoms with Gasteiger partial charge >= 0.3 is 0 Å². The number of rotatable bonds is 10. The maximum Gasteiger partial charge on any atom is 0.228 e. The number of hydrogen-bond acceptors (Lipinski definition) is 2. The number of hydrogen-bond donors (Lipinski definition) is 2. The van der Waals surface area contributed by atoms with E-state index in [9.17, 15) is 0 Å². The van der Waals surface area contributed by atoms with Crippen LogP contribution in [0.25, 0.3) is 0 Å². The SMILES string of the molecule is CCCCCCCCCCON=C(N)N. The van der Waals surface area contributed by atoms with Gasteiger partial charge in [0.05, 0.1) is 0 Å². The van der Waals surface area contributed by atoms with E-state index in [1.807, 2.05) is 0 Å². The van der Waals surface area contributed by atoms with Crippen molar-refractivity contribution in [3.63, 3.8) is 0 Å². The van der Waals surface area contributed by atoms with Crippen molar-refractivity contribution in [2.75, 3.05) is 6.61 Å². The zero-order valence-electron chi connectivity index (χ0n) is 9.87. The Balaban J connectivity index is 2.96. The molecule has 4 heteroatoms. The van der Waals surface area contributed by atoms with Gasteiger partial charge in [0.2, 0.25) is 5.96 Å². The van der Waals surface area contributed by atoms with Crippen molar-refractivity contribution in [1.29, 1.82) is 0 Å². The third kappa shape index (κ3) is 13.1. The molecule has 0 unspecified atom stereocenters. The van der Waals surface area contributed by atoms with Crippen LogP contribution in [-0.4, -0.2) is 12.6 Å². The summed E-state index contributed by atoms with van der Waals surface area (Å²) in [6.45, 7) is 2.86. The fourth-order valence-corrected chi connectivity index (χ4v) is 1.42. The highest BCUT2D eigenvalue weighted by Gasteiger charge is 1.91. The van der Waals surface area contributed by atoms with E-state index in [1.165, 1.54) is 44.9 Å². The smallest absolute Gasteiger partial charge is 0.228 e. The molecule has 0 fully saturated rings. The maximum atomic E-state index is 5.10. The van der Waals surface area contributed by atoms with Crippen LogP contribution in [0, 0.1) is 0 Å². The summed E-state index contributed by atoms with van der Waals surface area (Å²) in [5.41, 5.74) is 10.2. The van der Waals surface area contributed by atoms with Crippen LogP contribution in [0.2, 0.25) is 0 Å². The van der Waals surface area contributed by atoms with E-state index >= 15 is 0 Å². The minimum absolute atomic E-state index is 0.00503. The Morgan fingerprint density at radius 2 is 1.47 bits per heavy atom. The third-order valence-corrected chi connectivity index (χ3v) is 2.26. The topological polar surface area (TPSA) is 73.6 Å². The van der Waals surface area contributed by atoms with E-state index in [1.54, 1.807) is 0 Å². The van der Waals surface area contributed by atoms with Gasteiger partial charge in [0.15, 0.2) is 0 Å². The van der Waals surface area contributed by atoms with Crippen molar-refractivity contribution in [3.05, 3.63) is 0 Å². The van der Waals surface area contributed by atoms with Gasteiger partial charge in [0, 0.05) is 0 Å². The lowest BCUT2D eigenvalue weighted by Crippen LogP contribution is -2.22. The average Bonchev–Trinajstić information content (AvgIpc) is 2.20. The van der Waals surface area contributed by atoms with Crippen molar-refractivity contribution in [2.24, 2.45) is 16.6 Å². The molecular formula is C11H25N3O. The number of unbranched alkanes of at least 4 members (excludes halogenated alkanes) is 7. The second-order valence-electron chi connectivity index (χ2n) is 3.82. The molecule has 15 heavy (non-hydrogen) atoms. The van der Waals surface area contributed by atoms with E-state index in [4.69, 9.17) is 16.3 Å². The first kappa shape index (κ1) is 14.1. The molecule has 0 heterocycles. The van der Waals surface area contributed by atoms with Crippen molar-refractivity contribution < 1.29 is 4.84 Å². The summed E-state index contributed by atoms with van der Waals surface area (Å²) in [6, 6.07) is 0. The Kier molecular flexibility index (Phi) is 10.5. The van der Waals surface area contributed by atoms with Gasteiger partial charge in [0.25, 0.3) is 0 Å². The highest BCUT2D eigenvalue weighted by molar-refractivity contribution is 5.74. The van der Waals surface area contributed by atoms with Gasteiger partial charge in [-0.25, -0.2) is 0 Å². The molecule has 0 amide bonds. The number of oxime groups is 1. The molecule has 4 nitrogen and oxygen atoms in total. The molecule has 0 aliphatic carbocycles. The van der Waals surface area contributed by atoms with Crippen LogP contribution in [0.1, 0.15) is 58.3 Å². The van der Waals surface area contributed by atoms with E-state index in [0.717, 1.165) is 6.42 Å². The summed E-state index contributed by atoms with van der Waals surface area (Å²) in [5.74, 6) is -0.00503. The summed E-state index contributed by atoms with van der Waals surface area (Å²) < 4.78 is 0. The van der Waals surface area contributed by atoms with Crippen molar-refractivity contribution in [3.8, 4) is 0 Å². The van der Waals surface area contributed by atoms with Crippen LogP contribution in [0.5, 0.6) is 0 Å². The first-order valence-corrected chi connectivity index (χ1v) is 5.98. The van der Waals surface area contributed by atoms with Crippen LogP contribution in [0.15, 0.2) is 5.16 Å². The lowest BCUT2D eigenvalue weighted by Gasteiger charge is -2.01. The molecule has 0 rings (SSSR count). The van der Waals surface area contributed by atoms with E-state index in [0.29, 0.717) is 6.61 Å². The van der Waals surface area contributed by atoms with Gasteiger partial charge < -0.3 is 16.3 Å². The van der Waals surface area contributed by atoms with Crippen LogP contribution >= 0.6 is 0 Å². The van der Waals surface area contributed by atoms with E-state index in [2.05, 4.69) is 12.1 Å². The molecule has 0 aromatic heterocycles. The lowest BCUT2D eigenvalue weighted by molar-refractivity contribution is 0.139. The lowest BCUT2D eigenvalue weighted by atomic mass is 10.1. The van der Waals surface area contributed by atoms with E-state index < -0.39 is 0 Å². The molecule has 0 atom stereocenters. The number of nitrogens with zero attached hydrogens (tertiary/aromatic N) is 1. The number of guanidine groups is 1. The Hall–Kier alpha value is -0.930. The zero-order chi connectivity index (χ0) is 11.4. The molecular weight excluding hydrogens is 190 g/mol. The first-order chi connectivity index (χ1) is 7.27. The molecule has 0 spiro atoms. The second kappa shape index (κ2) is 11.1. The van der Waals surface area contributed by atoms with Crippen LogP contribution in [0.3, 0.4) is 0 Å². The van der Waals surface area contributed by atoms with Crippen LogP contribution in [-0.2, 0) is 4.84 Å². The molecule has 0 saturated carbocycles. The minimum Gasteiger partial charge on any atom is -0.393 e. The predicted octanol–water partition coefficient (Wildman–Crippen LogP) is 2.33. The first-order valence-electron chi connectivity index (χ1n) is 5.98. The highest BCUT2D eigenvalue weighted by atomic mass is 16.6. The summed E-state index contributed by atoms with van der Waals surface area (Å²) in [6.07, 6.45) is 10.3. The summed E-state index contributed by atoms with van der Waals surface area (Å²) in [5, 5.41) is 3.46. The summed E-state index contributed by atoms with van der Waals surface area (Å²) in [7, 11) is 0. The van der Waals surface area contributed by atoms with Gasteiger partial charge in [-0.3, -0.25) is 0 Å². The summed E-state index contributed by atoms with van der Waals surface area (Å²) in [4.78, 5) is 4.88. The number of nitrogens with two attached hydrogens (primary N) is 2. The molecule has 0 aromatic carbocycles. The quantitative estimate of drug-likeness (QED) is 0.254. The molecule has 0 aliphatic rings. The molecule has 0 radical (unpaired) electrons. The van der Waals surface area contributed by atoms with Crippen LogP contribution < -0.4 is 11.5 Å². The molecule has 0 saturated heterocycles. The van der Waals surface area contributed by atoms with Gasteiger partial charge in [-0.05, 0) is 18.0 Å². The van der Waals surface area contributed by atoms with E-state index in [-0.39, 0.29) is 5.96 Å². The summed E-state index contributed by atoms with van der Waals surface area (Å²) >= 11 is 0. The van der Waals surface area contributed by atoms with Crippen molar-refractivity contribution in [2.45, 2.75) is 58.3 Å². The standard InChI is InChI=1S/C11H25N3O/c1-2-3-4-5-6-7-8-9-10-15-14-11(12)13/h2-10H2,1H3,(H4,12,13,14). The molecule has 0 aromatic rings. The van der Waals surface area contributed by atoms with Crippen molar-refractivity contribution >= 4 is 5.96 Å². The largest absolute Gasteiger partial charge is 0.393 e. The minimum atomic E-state index is -0.00503. The highest BCUT2D eigenvalue weighted by Crippen LogP contribution is 2.08. The maximum absolute atomic E-state index is 5.10. The normalized spacial score (nSPS) is 9.93. The molecule has 4 N–H and O–H groups in total. The fraction of sp³-hybridized carbons (Fsp3) is 0.909. The fourth-order valence-electron chi connectivity index (χ4n) is 1.42. The molecule has 0 bridgehead atoms. The Bertz CT molecular complexity index is 156. The van der Waals surface area contributed by atoms with Gasteiger partial charge in [-0.1, -0.05) is 45.4 Å². The monoisotopic (exact) mass is 215 g/mol. The average molecular weight is 215 g/mol. The Labute approximate surface area is 93.0 Å². The second-order valence-corrected chi connectivity index (χ2v) is 3.82. The Morgan fingerprint density at radius 3 is 2.00 bits per heavy atom. The molecule has 0 aliphatic heterocycles. The zero-order valence-corrected chi connectivity index (χ0v) is 9.87. The van der Waals surface area contributed by atoms with Gasteiger partial charge in [-0.15, -0.1) is 0 Å². The third-order valence-electron chi connectivity index (χ3n) is 2.26. The van der Waals surface area contributed by atoms with Crippen molar-refractivity contribution in [1.82, 2.24) is 0 Å². The van der Waals surface area contributed by atoms with Gasteiger partial charge in [0.1, 0.15) is 6.61 Å². The predicted molar refractivity (Wildman–Crippen MR) is 64.4 cm³/mol. The van der Waals surface area contributed by atoms with Gasteiger partial charge in [-0.2, -0.15) is 0 Å². The van der Waals surface area contributed by atoms with Crippen LogP contribution in [0.4, 0.5) is 0 Å². The molecule has 90 valence electrons.